The Morgan fingerprint density at radius 3 is 2.89 bits per heavy atom. The van der Waals surface area contributed by atoms with Crippen LogP contribution >= 0.6 is 0 Å². The van der Waals surface area contributed by atoms with Crippen molar-refractivity contribution in [2.45, 2.75) is 33.2 Å². The quantitative estimate of drug-likeness (QED) is 0.774. The molecule has 19 heavy (non-hydrogen) atoms. The lowest BCUT2D eigenvalue weighted by atomic mass is 10.1. The van der Waals surface area contributed by atoms with Gasteiger partial charge in [-0.15, -0.1) is 0 Å². The van der Waals surface area contributed by atoms with Crippen LogP contribution in [-0.2, 0) is 13.0 Å². The molecule has 0 atom stereocenters. The van der Waals surface area contributed by atoms with Crippen LogP contribution in [0.4, 0.5) is 4.39 Å². The summed E-state index contributed by atoms with van der Waals surface area (Å²) in [4.78, 5) is 16.4. The Labute approximate surface area is 112 Å². The van der Waals surface area contributed by atoms with Crippen molar-refractivity contribution in [3.63, 3.8) is 0 Å². The zero-order valence-corrected chi connectivity index (χ0v) is 11.2. The van der Waals surface area contributed by atoms with Gasteiger partial charge in [0.1, 0.15) is 11.6 Å². The third-order valence-electron chi connectivity index (χ3n) is 3.06. The number of benzene rings is 1. The van der Waals surface area contributed by atoms with E-state index in [1.54, 1.807) is 19.2 Å². The van der Waals surface area contributed by atoms with Crippen LogP contribution in [0, 0.1) is 12.7 Å². The number of carbonyl (C=O) groups excluding carboxylic acids is 1. The van der Waals surface area contributed by atoms with Crippen molar-refractivity contribution in [1.82, 2.24) is 9.55 Å². The third kappa shape index (κ3) is 3.08. The van der Waals surface area contributed by atoms with Gasteiger partial charge in [-0.2, -0.15) is 0 Å². The molecule has 0 bridgehead atoms. The van der Waals surface area contributed by atoms with Crippen LogP contribution in [0.25, 0.3) is 0 Å². The molecule has 0 aliphatic heterocycles. The molecule has 0 spiro atoms. The molecule has 0 aliphatic rings. The Morgan fingerprint density at radius 2 is 2.21 bits per heavy atom. The van der Waals surface area contributed by atoms with Crippen molar-refractivity contribution >= 4 is 5.78 Å². The first-order chi connectivity index (χ1) is 9.11. The summed E-state index contributed by atoms with van der Waals surface area (Å²) in [6, 6.07) is 4.45. The highest BCUT2D eigenvalue weighted by atomic mass is 19.1. The second kappa shape index (κ2) is 5.78. The molecule has 0 fully saturated rings. The van der Waals surface area contributed by atoms with Gasteiger partial charge in [0.05, 0.1) is 6.42 Å². The molecule has 0 unspecified atom stereocenters. The molecule has 2 rings (SSSR count). The average molecular weight is 260 g/mol. The standard InChI is InChI=1S/C15H17FN2O/c1-3-7-18-8-6-17-15(18)10-14(19)12-4-5-13(16)11(2)9-12/h4-6,8-9H,3,7,10H2,1-2H3. The van der Waals surface area contributed by atoms with Crippen LogP contribution in [0.5, 0.6) is 0 Å². The Bertz CT molecular complexity index is 590. The van der Waals surface area contributed by atoms with Crippen molar-refractivity contribution in [1.29, 1.82) is 0 Å². The normalized spacial score (nSPS) is 10.7. The highest BCUT2D eigenvalue weighted by Gasteiger charge is 2.12. The van der Waals surface area contributed by atoms with Crippen molar-refractivity contribution in [2.75, 3.05) is 0 Å². The van der Waals surface area contributed by atoms with E-state index in [0.717, 1.165) is 18.8 Å². The number of carbonyl (C=O) groups is 1. The van der Waals surface area contributed by atoms with Crippen molar-refractivity contribution in [3.05, 3.63) is 53.4 Å². The first-order valence-electron chi connectivity index (χ1n) is 6.41. The number of ketones is 1. The highest BCUT2D eigenvalue weighted by molar-refractivity contribution is 5.97. The fraction of sp³-hybridized carbons (Fsp3) is 0.333. The summed E-state index contributed by atoms with van der Waals surface area (Å²) in [5.41, 5.74) is 1.02. The number of rotatable bonds is 5. The maximum Gasteiger partial charge on any atom is 0.170 e. The van der Waals surface area contributed by atoms with Gasteiger partial charge < -0.3 is 4.57 Å². The van der Waals surface area contributed by atoms with Crippen molar-refractivity contribution in [2.24, 2.45) is 0 Å². The number of aromatic nitrogens is 2. The molecule has 1 aromatic carbocycles. The minimum absolute atomic E-state index is 0.0355. The summed E-state index contributed by atoms with van der Waals surface area (Å²) in [5, 5.41) is 0. The fourth-order valence-corrected chi connectivity index (χ4v) is 2.02. The van der Waals surface area contributed by atoms with Crippen LogP contribution in [-0.4, -0.2) is 15.3 Å². The SMILES string of the molecule is CCCn1ccnc1CC(=O)c1ccc(F)c(C)c1. The lowest BCUT2D eigenvalue weighted by Gasteiger charge is -2.06. The molecule has 0 aliphatic carbocycles. The van der Waals surface area contributed by atoms with Crippen LogP contribution in [0.15, 0.2) is 30.6 Å². The molecule has 1 aromatic heterocycles. The molecule has 1 heterocycles. The summed E-state index contributed by atoms with van der Waals surface area (Å²) in [6.45, 7) is 4.59. The van der Waals surface area contributed by atoms with Crippen LogP contribution < -0.4 is 0 Å². The van der Waals surface area contributed by atoms with E-state index in [2.05, 4.69) is 11.9 Å². The number of halogens is 1. The molecule has 2 aromatic rings. The largest absolute Gasteiger partial charge is 0.335 e. The Hall–Kier alpha value is -1.97. The van der Waals surface area contributed by atoms with Gasteiger partial charge in [-0.1, -0.05) is 6.92 Å². The van der Waals surface area contributed by atoms with Gasteiger partial charge in [0.2, 0.25) is 0 Å². The Kier molecular flexibility index (Phi) is 4.10. The number of imidazole rings is 1. The first kappa shape index (κ1) is 13.5. The van der Waals surface area contributed by atoms with E-state index in [1.807, 2.05) is 10.8 Å². The van der Waals surface area contributed by atoms with Crippen molar-refractivity contribution in [3.8, 4) is 0 Å². The number of hydrogen-bond acceptors (Lipinski definition) is 2. The number of Topliss-reactive ketones (excluding diaryl/α,β-unsaturated/α-hetero) is 1. The molecule has 0 amide bonds. The lowest BCUT2D eigenvalue weighted by Crippen LogP contribution is -2.10. The van der Waals surface area contributed by atoms with E-state index in [9.17, 15) is 9.18 Å². The Morgan fingerprint density at radius 1 is 1.42 bits per heavy atom. The van der Waals surface area contributed by atoms with E-state index in [4.69, 9.17) is 0 Å². The van der Waals surface area contributed by atoms with Gasteiger partial charge in [-0.3, -0.25) is 4.79 Å². The first-order valence-corrected chi connectivity index (χ1v) is 6.41. The summed E-state index contributed by atoms with van der Waals surface area (Å²) in [5.74, 6) is 0.435. The fourth-order valence-electron chi connectivity index (χ4n) is 2.02. The van der Waals surface area contributed by atoms with Crippen molar-refractivity contribution < 1.29 is 9.18 Å². The molecular formula is C15H17FN2O. The van der Waals surface area contributed by atoms with Gasteiger partial charge in [-0.25, -0.2) is 9.37 Å². The summed E-state index contributed by atoms with van der Waals surface area (Å²) in [6.07, 6.45) is 4.82. The Balaban J connectivity index is 2.16. The molecule has 4 heteroatoms. The maximum absolute atomic E-state index is 13.2. The van der Waals surface area contributed by atoms with Crippen LogP contribution in [0.3, 0.4) is 0 Å². The number of hydrogen-bond donors (Lipinski definition) is 0. The van der Waals surface area contributed by atoms with Crippen LogP contribution in [0.1, 0.15) is 35.1 Å². The third-order valence-corrected chi connectivity index (χ3v) is 3.06. The second-order valence-corrected chi connectivity index (χ2v) is 4.60. The van der Waals surface area contributed by atoms with Gasteiger partial charge in [0, 0.05) is 24.5 Å². The zero-order valence-electron chi connectivity index (χ0n) is 11.2. The predicted octanol–water partition coefficient (Wildman–Crippen LogP) is 3.17. The summed E-state index contributed by atoms with van der Waals surface area (Å²) < 4.78 is 15.2. The summed E-state index contributed by atoms with van der Waals surface area (Å²) in [7, 11) is 0. The monoisotopic (exact) mass is 260 g/mol. The lowest BCUT2D eigenvalue weighted by molar-refractivity contribution is 0.0989. The minimum atomic E-state index is -0.288. The van der Waals surface area contributed by atoms with E-state index >= 15 is 0 Å². The van der Waals surface area contributed by atoms with Gasteiger partial charge in [0.25, 0.3) is 0 Å². The van der Waals surface area contributed by atoms with Gasteiger partial charge >= 0.3 is 0 Å². The van der Waals surface area contributed by atoms with E-state index in [-0.39, 0.29) is 18.0 Å². The van der Waals surface area contributed by atoms with E-state index in [1.165, 1.54) is 12.1 Å². The second-order valence-electron chi connectivity index (χ2n) is 4.60. The van der Waals surface area contributed by atoms with Gasteiger partial charge in [-0.05, 0) is 37.1 Å². The van der Waals surface area contributed by atoms with E-state index < -0.39 is 0 Å². The molecule has 0 saturated carbocycles. The number of aryl methyl sites for hydroxylation is 2. The van der Waals surface area contributed by atoms with Gasteiger partial charge in [0.15, 0.2) is 5.78 Å². The topological polar surface area (TPSA) is 34.9 Å². The minimum Gasteiger partial charge on any atom is -0.335 e. The summed E-state index contributed by atoms with van der Waals surface area (Å²) >= 11 is 0. The molecule has 100 valence electrons. The molecule has 3 nitrogen and oxygen atoms in total. The number of nitrogens with zero attached hydrogens (tertiary/aromatic N) is 2. The van der Waals surface area contributed by atoms with Crippen LogP contribution in [0.2, 0.25) is 0 Å². The molecule has 0 N–H and O–H groups in total. The highest BCUT2D eigenvalue weighted by Crippen LogP contribution is 2.12. The molecular weight excluding hydrogens is 243 g/mol. The predicted molar refractivity (Wildman–Crippen MR) is 71.7 cm³/mol. The smallest absolute Gasteiger partial charge is 0.170 e. The average Bonchev–Trinajstić information content (AvgIpc) is 2.80. The van der Waals surface area contributed by atoms with E-state index in [0.29, 0.717) is 11.1 Å². The molecule has 0 radical (unpaired) electrons. The molecule has 0 saturated heterocycles. The zero-order chi connectivity index (χ0) is 13.8. The maximum atomic E-state index is 13.2.